The largest absolute Gasteiger partial charge is 0.375 e. The van der Waals surface area contributed by atoms with Gasteiger partial charge in [0.1, 0.15) is 0 Å². The number of rotatable bonds is 1. The first-order valence-corrected chi connectivity index (χ1v) is 6.47. The lowest BCUT2D eigenvalue weighted by molar-refractivity contribution is -0.122. The number of benzene rings is 1. The highest BCUT2D eigenvalue weighted by molar-refractivity contribution is 7.22. The fourth-order valence-electron chi connectivity index (χ4n) is 2.28. The van der Waals surface area contributed by atoms with Gasteiger partial charge in [0, 0.05) is 13.0 Å². The molecule has 1 aliphatic heterocycles. The van der Waals surface area contributed by atoms with Gasteiger partial charge in [0.25, 0.3) is 0 Å². The molecule has 0 bridgehead atoms. The molecule has 88 valence electrons. The van der Waals surface area contributed by atoms with Crippen LogP contribution in [0.2, 0.25) is 0 Å². The summed E-state index contributed by atoms with van der Waals surface area (Å²) in [4.78, 5) is 15.6. The molecule has 5 heteroatoms. The van der Waals surface area contributed by atoms with Crippen molar-refractivity contribution in [2.45, 2.75) is 18.8 Å². The second-order valence-electron chi connectivity index (χ2n) is 4.32. The number of amides is 1. The van der Waals surface area contributed by atoms with Crippen LogP contribution in [0.15, 0.2) is 18.2 Å². The van der Waals surface area contributed by atoms with E-state index >= 15 is 0 Å². The van der Waals surface area contributed by atoms with Crippen LogP contribution in [0.3, 0.4) is 0 Å². The van der Waals surface area contributed by atoms with Gasteiger partial charge in [0.05, 0.1) is 10.2 Å². The minimum atomic E-state index is 0.144. The lowest BCUT2D eigenvalue weighted by Crippen LogP contribution is -2.32. The number of aromatic nitrogens is 1. The molecule has 0 saturated carbocycles. The third-order valence-electron chi connectivity index (χ3n) is 3.15. The van der Waals surface area contributed by atoms with Gasteiger partial charge in [-0.2, -0.15) is 0 Å². The fraction of sp³-hybridized carbons (Fsp3) is 0.333. The van der Waals surface area contributed by atoms with E-state index in [1.54, 1.807) is 0 Å². The number of nitrogens with one attached hydrogen (secondary N) is 1. The normalized spacial score (nSPS) is 20.5. The van der Waals surface area contributed by atoms with E-state index in [0.29, 0.717) is 17.5 Å². The Kier molecular flexibility index (Phi) is 2.48. The lowest BCUT2D eigenvalue weighted by atomic mass is 9.90. The predicted octanol–water partition coefficient (Wildman–Crippen LogP) is 1.87. The van der Waals surface area contributed by atoms with Crippen LogP contribution in [-0.2, 0) is 4.79 Å². The van der Waals surface area contributed by atoms with Crippen molar-refractivity contribution >= 4 is 32.6 Å². The number of hydrogen-bond donors (Lipinski definition) is 2. The van der Waals surface area contributed by atoms with Crippen LogP contribution >= 0.6 is 11.3 Å². The van der Waals surface area contributed by atoms with Crippen molar-refractivity contribution in [1.29, 1.82) is 0 Å². The Morgan fingerprint density at radius 2 is 2.35 bits per heavy atom. The number of thiazole rings is 1. The Morgan fingerprint density at radius 1 is 1.47 bits per heavy atom. The molecule has 3 rings (SSSR count). The fourth-order valence-corrected chi connectivity index (χ4v) is 3.06. The van der Waals surface area contributed by atoms with Crippen LogP contribution in [0.1, 0.15) is 24.3 Å². The van der Waals surface area contributed by atoms with Gasteiger partial charge < -0.3 is 11.1 Å². The van der Waals surface area contributed by atoms with Gasteiger partial charge in [-0.05, 0) is 30.0 Å². The first kappa shape index (κ1) is 10.5. The highest BCUT2D eigenvalue weighted by Crippen LogP contribution is 2.31. The van der Waals surface area contributed by atoms with E-state index in [1.807, 2.05) is 6.07 Å². The number of piperidine rings is 1. The maximum Gasteiger partial charge on any atom is 0.220 e. The Morgan fingerprint density at radius 3 is 3.18 bits per heavy atom. The smallest absolute Gasteiger partial charge is 0.220 e. The van der Waals surface area contributed by atoms with Gasteiger partial charge in [-0.15, -0.1) is 0 Å². The summed E-state index contributed by atoms with van der Waals surface area (Å²) in [6.45, 7) is 0.770. The second kappa shape index (κ2) is 4.00. The topological polar surface area (TPSA) is 68.0 Å². The summed E-state index contributed by atoms with van der Waals surface area (Å²) in [6.07, 6.45) is 1.59. The minimum Gasteiger partial charge on any atom is -0.375 e. The number of carbonyl (C=O) groups is 1. The Bertz CT molecular complexity index is 578. The molecular formula is C12H13N3OS. The van der Waals surface area contributed by atoms with Gasteiger partial charge in [0.2, 0.25) is 5.91 Å². The van der Waals surface area contributed by atoms with Crippen molar-refractivity contribution in [1.82, 2.24) is 10.3 Å². The van der Waals surface area contributed by atoms with Crippen LogP contribution in [0.4, 0.5) is 5.13 Å². The molecule has 1 amide bonds. The number of hydrogen-bond acceptors (Lipinski definition) is 4. The van der Waals surface area contributed by atoms with Crippen molar-refractivity contribution in [2.24, 2.45) is 0 Å². The van der Waals surface area contributed by atoms with Crippen molar-refractivity contribution in [3.05, 3.63) is 23.8 Å². The number of fused-ring (bicyclic) bond motifs is 1. The van der Waals surface area contributed by atoms with Crippen molar-refractivity contribution in [3.8, 4) is 0 Å². The molecule has 1 unspecified atom stereocenters. The molecule has 0 aliphatic carbocycles. The number of nitrogens with two attached hydrogens (primary N) is 1. The summed E-state index contributed by atoms with van der Waals surface area (Å²) in [5, 5.41) is 3.45. The Balaban J connectivity index is 1.96. The Hall–Kier alpha value is -1.62. The summed E-state index contributed by atoms with van der Waals surface area (Å²) < 4.78 is 1.10. The number of carbonyl (C=O) groups excluding carboxylic acids is 1. The summed E-state index contributed by atoms with van der Waals surface area (Å²) in [7, 11) is 0. The minimum absolute atomic E-state index is 0.144. The molecule has 2 heterocycles. The zero-order chi connectivity index (χ0) is 11.8. The molecule has 3 N–H and O–H groups in total. The summed E-state index contributed by atoms with van der Waals surface area (Å²) >= 11 is 1.50. The van der Waals surface area contributed by atoms with Crippen molar-refractivity contribution in [2.75, 3.05) is 12.3 Å². The molecule has 1 aromatic heterocycles. The molecular weight excluding hydrogens is 234 g/mol. The molecule has 1 aromatic carbocycles. The first-order valence-electron chi connectivity index (χ1n) is 5.65. The monoisotopic (exact) mass is 247 g/mol. The van der Waals surface area contributed by atoms with Crippen LogP contribution in [0.5, 0.6) is 0 Å². The SMILES string of the molecule is Nc1nc2ccc(C3CCNC(=O)C3)cc2s1. The van der Waals surface area contributed by atoms with E-state index in [2.05, 4.69) is 22.4 Å². The third-order valence-corrected chi connectivity index (χ3v) is 3.99. The highest BCUT2D eigenvalue weighted by Gasteiger charge is 2.20. The molecule has 0 spiro atoms. The van der Waals surface area contributed by atoms with Crippen molar-refractivity contribution in [3.63, 3.8) is 0 Å². The molecule has 4 nitrogen and oxygen atoms in total. The second-order valence-corrected chi connectivity index (χ2v) is 5.38. The average molecular weight is 247 g/mol. The van der Waals surface area contributed by atoms with Crippen LogP contribution < -0.4 is 11.1 Å². The zero-order valence-corrected chi connectivity index (χ0v) is 10.1. The molecule has 0 radical (unpaired) electrons. The molecule has 1 saturated heterocycles. The van der Waals surface area contributed by atoms with Crippen LogP contribution in [0, 0.1) is 0 Å². The number of nitrogens with zero attached hydrogens (tertiary/aromatic N) is 1. The average Bonchev–Trinajstić information content (AvgIpc) is 2.68. The van der Waals surface area contributed by atoms with Gasteiger partial charge in [-0.25, -0.2) is 4.98 Å². The molecule has 17 heavy (non-hydrogen) atoms. The lowest BCUT2D eigenvalue weighted by Gasteiger charge is -2.22. The maximum atomic E-state index is 11.4. The van der Waals surface area contributed by atoms with E-state index in [0.717, 1.165) is 23.2 Å². The number of nitrogen functional groups attached to an aromatic ring is 1. The van der Waals surface area contributed by atoms with E-state index in [-0.39, 0.29) is 5.91 Å². The van der Waals surface area contributed by atoms with Gasteiger partial charge in [0.15, 0.2) is 5.13 Å². The first-order chi connectivity index (χ1) is 8.22. The van der Waals surface area contributed by atoms with Gasteiger partial charge >= 0.3 is 0 Å². The van der Waals surface area contributed by atoms with Crippen molar-refractivity contribution < 1.29 is 4.79 Å². The van der Waals surface area contributed by atoms with E-state index in [4.69, 9.17) is 5.73 Å². The maximum absolute atomic E-state index is 11.4. The Labute approximate surface area is 103 Å². The van der Waals surface area contributed by atoms with E-state index in [1.165, 1.54) is 16.9 Å². The molecule has 1 aliphatic rings. The molecule has 2 aromatic rings. The molecule has 1 atom stereocenters. The quantitative estimate of drug-likeness (QED) is 0.808. The third kappa shape index (κ3) is 1.98. The zero-order valence-electron chi connectivity index (χ0n) is 9.27. The van der Waals surface area contributed by atoms with Crippen LogP contribution in [-0.4, -0.2) is 17.4 Å². The summed E-state index contributed by atoms with van der Waals surface area (Å²) in [5.41, 5.74) is 7.84. The summed E-state index contributed by atoms with van der Waals surface area (Å²) in [5.74, 6) is 0.474. The highest BCUT2D eigenvalue weighted by atomic mass is 32.1. The van der Waals surface area contributed by atoms with Gasteiger partial charge in [-0.1, -0.05) is 17.4 Å². The predicted molar refractivity (Wildman–Crippen MR) is 69.0 cm³/mol. The van der Waals surface area contributed by atoms with Gasteiger partial charge in [-0.3, -0.25) is 4.79 Å². The van der Waals surface area contributed by atoms with E-state index < -0.39 is 0 Å². The standard InChI is InChI=1S/C12H13N3OS/c13-12-15-9-2-1-7(5-10(9)17-12)8-3-4-14-11(16)6-8/h1-2,5,8H,3-4,6H2,(H2,13,15)(H,14,16). The number of anilines is 1. The summed E-state index contributed by atoms with van der Waals surface area (Å²) in [6, 6.07) is 6.17. The van der Waals surface area contributed by atoms with E-state index in [9.17, 15) is 4.79 Å². The van der Waals surface area contributed by atoms with Crippen LogP contribution in [0.25, 0.3) is 10.2 Å². The molecule has 1 fully saturated rings.